The van der Waals surface area contributed by atoms with Gasteiger partial charge in [0.2, 0.25) is 0 Å². The number of halogens is 1. The summed E-state index contributed by atoms with van der Waals surface area (Å²) in [6.07, 6.45) is 3.61. The van der Waals surface area contributed by atoms with Gasteiger partial charge in [-0.15, -0.1) is 0 Å². The van der Waals surface area contributed by atoms with Crippen LogP contribution in [0, 0.1) is 19.7 Å². The van der Waals surface area contributed by atoms with Crippen molar-refractivity contribution in [2.24, 2.45) is 0 Å². The third-order valence-electron chi connectivity index (χ3n) is 5.77. The molecule has 5 rings (SSSR count). The highest BCUT2D eigenvalue weighted by molar-refractivity contribution is 5.83. The highest BCUT2D eigenvalue weighted by atomic mass is 19.1. The van der Waals surface area contributed by atoms with Crippen LogP contribution in [0.4, 0.5) is 10.2 Å². The number of hydrogen-bond donors (Lipinski definition) is 2. The molecule has 1 atom stereocenters. The van der Waals surface area contributed by atoms with Crippen molar-refractivity contribution in [1.29, 1.82) is 0 Å². The van der Waals surface area contributed by atoms with Crippen molar-refractivity contribution in [3.63, 3.8) is 0 Å². The fraction of sp³-hybridized carbons (Fsp3) is 0.208. The number of aromatic nitrogens is 6. The molecule has 0 radical (unpaired) electrons. The minimum atomic E-state index is -0.433. The number of aromatic amines is 1. The van der Waals surface area contributed by atoms with E-state index in [1.807, 2.05) is 38.1 Å². The Morgan fingerprint density at radius 3 is 2.79 bits per heavy atom. The highest BCUT2D eigenvalue weighted by Crippen LogP contribution is 2.27. The first-order valence-corrected chi connectivity index (χ1v) is 10.7. The monoisotopic (exact) mass is 443 g/mol. The molecule has 0 aliphatic carbocycles. The van der Waals surface area contributed by atoms with Crippen LogP contribution in [0.2, 0.25) is 0 Å². The van der Waals surface area contributed by atoms with E-state index in [0.717, 1.165) is 5.56 Å². The number of benzene rings is 2. The van der Waals surface area contributed by atoms with Gasteiger partial charge in [0.15, 0.2) is 11.5 Å². The minimum absolute atomic E-state index is 0.271. The SMILES string of the molecule is CC[C@H](Nc1ncnc2nc[nH]c12)c1nc2ccc(F)c(C)c2c(=O)n1-c1cccc(C)c1. The fourth-order valence-corrected chi connectivity index (χ4v) is 4.06. The number of aryl methyl sites for hydroxylation is 2. The van der Waals surface area contributed by atoms with Crippen LogP contribution in [0.15, 0.2) is 53.8 Å². The van der Waals surface area contributed by atoms with Gasteiger partial charge in [-0.1, -0.05) is 19.1 Å². The quantitative estimate of drug-likeness (QED) is 0.418. The van der Waals surface area contributed by atoms with Crippen LogP contribution in [0.5, 0.6) is 0 Å². The van der Waals surface area contributed by atoms with E-state index in [9.17, 15) is 9.18 Å². The largest absolute Gasteiger partial charge is 0.358 e. The Hall–Kier alpha value is -4.14. The van der Waals surface area contributed by atoms with Gasteiger partial charge < -0.3 is 10.3 Å². The van der Waals surface area contributed by atoms with Gasteiger partial charge in [-0.05, 0) is 55.7 Å². The Bertz CT molecular complexity index is 1560. The number of nitrogens with zero attached hydrogens (tertiary/aromatic N) is 5. The van der Waals surface area contributed by atoms with Crippen molar-refractivity contribution in [3.8, 4) is 5.69 Å². The Morgan fingerprint density at radius 1 is 1.15 bits per heavy atom. The third kappa shape index (κ3) is 3.51. The van der Waals surface area contributed by atoms with Crippen molar-refractivity contribution >= 4 is 27.9 Å². The average Bonchev–Trinajstić information content (AvgIpc) is 3.29. The molecule has 9 heteroatoms. The molecule has 0 fully saturated rings. The van der Waals surface area contributed by atoms with Crippen LogP contribution in [0.3, 0.4) is 0 Å². The zero-order valence-corrected chi connectivity index (χ0v) is 18.4. The number of anilines is 1. The van der Waals surface area contributed by atoms with Gasteiger partial charge in [0.05, 0.1) is 29.0 Å². The molecular weight excluding hydrogens is 421 g/mol. The first kappa shape index (κ1) is 20.7. The summed E-state index contributed by atoms with van der Waals surface area (Å²) in [5.74, 6) is 0.639. The molecule has 0 saturated heterocycles. The summed E-state index contributed by atoms with van der Waals surface area (Å²) >= 11 is 0. The predicted molar refractivity (Wildman–Crippen MR) is 125 cm³/mol. The number of nitrogens with one attached hydrogen (secondary N) is 2. The number of hydrogen-bond acceptors (Lipinski definition) is 6. The molecule has 0 bridgehead atoms. The minimum Gasteiger partial charge on any atom is -0.358 e. The van der Waals surface area contributed by atoms with Crippen molar-refractivity contribution in [2.45, 2.75) is 33.2 Å². The molecule has 166 valence electrons. The van der Waals surface area contributed by atoms with Crippen LogP contribution < -0.4 is 10.9 Å². The van der Waals surface area contributed by atoms with E-state index >= 15 is 0 Å². The van der Waals surface area contributed by atoms with Crippen molar-refractivity contribution in [3.05, 3.63) is 82.2 Å². The van der Waals surface area contributed by atoms with Gasteiger partial charge >= 0.3 is 0 Å². The summed E-state index contributed by atoms with van der Waals surface area (Å²) in [6, 6.07) is 10.1. The van der Waals surface area contributed by atoms with Crippen LogP contribution in [-0.2, 0) is 0 Å². The Morgan fingerprint density at radius 2 is 2.00 bits per heavy atom. The van der Waals surface area contributed by atoms with Gasteiger partial charge in [0.25, 0.3) is 5.56 Å². The summed E-state index contributed by atoms with van der Waals surface area (Å²) < 4.78 is 15.9. The number of H-pyrrole nitrogens is 1. The van der Waals surface area contributed by atoms with Crippen molar-refractivity contribution in [1.82, 2.24) is 29.5 Å². The summed E-state index contributed by atoms with van der Waals surface area (Å²) in [7, 11) is 0. The van der Waals surface area contributed by atoms with Crippen LogP contribution >= 0.6 is 0 Å². The maximum Gasteiger partial charge on any atom is 0.266 e. The van der Waals surface area contributed by atoms with Crippen LogP contribution in [0.25, 0.3) is 27.8 Å². The second kappa shape index (κ2) is 8.09. The van der Waals surface area contributed by atoms with E-state index in [4.69, 9.17) is 4.98 Å². The van der Waals surface area contributed by atoms with E-state index in [1.165, 1.54) is 12.4 Å². The lowest BCUT2D eigenvalue weighted by molar-refractivity contribution is 0.619. The van der Waals surface area contributed by atoms with Gasteiger partial charge in [0.1, 0.15) is 23.5 Å². The smallest absolute Gasteiger partial charge is 0.266 e. The molecule has 0 unspecified atom stereocenters. The molecule has 3 heterocycles. The Labute approximate surface area is 188 Å². The Balaban J connectivity index is 1.76. The normalized spacial score (nSPS) is 12.4. The topological polar surface area (TPSA) is 101 Å². The number of fused-ring (bicyclic) bond motifs is 2. The van der Waals surface area contributed by atoms with Gasteiger partial charge in [-0.2, -0.15) is 0 Å². The zero-order valence-electron chi connectivity index (χ0n) is 18.4. The standard InChI is InChI=1S/C24H22FN7O/c1-4-17(30-22-20-21(27-11-26-20)28-12-29-22)23-31-18-9-8-16(25)14(3)19(18)24(33)32(23)15-7-5-6-13(2)10-15/h5-12,17H,4H2,1-3H3,(H2,26,27,28,29,30)/t17-/m0/s1. The van der Waals surface area contributed by atoms with Crippen LogP contribution in [0.1, 0.15) is 36.3 Å². The number of rotatable bonds is 5. The first-order chi connectivity index (χ1) is 16.0. The van der Waals surface area contributed by atoms with E-state index in [1.54, 1.807) is 23.9 Å². The second-order valence-corrected chi connectivity index (χ2v) is 7.94. The molecule has 3 aromatic heterocycles. The molecule has 0 saturated carbocycles. The molecule has 5 aromatic rings. The van der Waals surface area contributed by atoms with Gasteiger partial charge in [0, 0.05) is 0 Å². The molecule has 0 spiro atoms. The zero-order chi connectivity index (χ0) is 23.1. The maximum atomic E-state index is 14.3. The summed E-state index contributed by atoms with van der Waals surface area (Å²) in [6.45, 7) is 5.56. The van der Waals surface area contributed by atoms with E-state index in [0.29, 0.717) is 40.4 Å². The molecule has 33 heavy (non-hydrogen) atoms. The second-order valence-electron chi connectivity index (χ2n) is 7.94. The van der Waals surface area contributed by atoms with E-state index < -0.39 is 5.82 Å². The fourth-order valence-electron chi connectivity index (χ4n) is 4.06. The van der Waals surface area contributed by atoms with Crippen LogP contribution in [-0.4, -0.2) is 29.5 Å². The molecular formula is C24H22FN7O. The van der Waals surface area contributed by atoms with Crippen molar-refractivity contribution < 1.29 is 4.39 Å². The molecule has 0 amide bonds. The van der Waals surface area contributed by atoms with Gasteiger partial charge in [-0.25, -0.2) is 24.3 Å². The molecule has 0 aliphatic rings. The predicted octanol–water partition coefficient (Wildman–Crippen LogP) is 4.37. The summed E-state index contributed by atoms with van der Waals surface area (Å²) in [5, 5.41) is 3.67. The molecule has 2 N–H and O–H groups in total. The maximum absolute atomic E-state index is 14.3. The molecule has 8 nitrogen and oxygen atoms in total. The molecule has 0 aliphatic heterocycles. The lowest BCUT2D eigenvalue weighted by Gasteiger charge is -2.22. The third-order valence-corrected chi connectivity index (χ3v) is 5.77. The Kier molecular flexibility index (Phi) is 5.08. The lowest BCUT2D eigenvalue weighted by atomic mass is 10.1. The van der Waals surface area contributed by atoms with E-state index in [2.05, 4.69) is 25.3 Å². The summed E-state index contributed by atoms with van der Waals surface area (Å²) in [5.41, 5.74) is 3.30. The van der Waals surface area contributed by atoms with E-state index in [-0.39, 0.29) is 22.6 Å². The van der Waals surface area contributed by atoms with Gasteiger partial charge in [-0.3, -0.25) is 9.36 Å². The molecule has 2 aromatic carbocycles. The number of imidazole rings is 1. The highest BCUT2D eigenvalue weighted by Gasteiger charge is 2.23. The average molecular weight is 443 g/mol. The first-order valence-electron chi connectivity index (χ1n) is 10.7. The lowest BCUT2D eigenvalue weighted by Crippen LogP contribution is -2.29. The summed E-state index contributed by atoms with van der Waals surface area (Å²) in [4.78, 5) is 34.4. The van der Waals surface area contributed by atoms with Crippen molar-refractivity contribution in [2.75, 3.05) is 5.32 Å².